The van der Waals surface area contributed by atoms with Crippen LogP contribution in [0.3, 0.4) is 0 Å². The summed E-state index contributed by atoms with van der Waals surface area (Å²) in [5.41, 5.74) is 6.32. The Hall–Kier alpha value is -1.76. The first-order valence-electron chi connectivity index (χ1n) is 5.20. The Morgan fingerprint density at radius 3 is 2.93 bits per heavy atom. The van der Waals surface area contributed by atoms with E-state index in [1.807, 2.05) is 12.1 Å². The minimum Gasteiger partial charge on any atom is -0.396 e. The lowest BCUT2D eigenvalue weighted by Crippen LogP contribution is -2.21. The van der Waals surface area contributed by atoms with Crippen molar-refractivity contribution >= 4 is 11.5 Å². The van der Waals surface area contributed by atoms with Crippen molar-refractivity contribution in [2.75, 3.05) is 17.6 Å². The fourth-order valence-corrected chi connectivity index (χ4v) is 1.60. The van der Waals surface area contributed by atoms with E-state index in [1.54, 1.807) is 6.07 Å². The first kappa shape index (κ1) is 9.78. The first-order chi connectivity index (χ1) is 7.29. The van der Waals surface area contributed by atoms with Crippen LogP contribution in [0.15, 0.2) is 12.1 Å². The summed E-state index contributed by atoms with van der Waals surface area (Å²) in [6.07, 6.45) is 3.94. The van der Waals surface area contributed by atoms with Gasteiger partial charge in [-0.1, -0.05) is 6.42 Å². The number of nitrogens with one attached hydrogen (secondary N) is 1. The van der Waals surface area contributed by atoms with Gasteiger partial charge in [-0.2, -0.15) is 5.26 Å². The summed E-state index contributed by atoms with van der Waals surface area (Å²) >= 11 is 0. The standard InChI is InChI=1S/C11H14N4/c12-6-10-9(13)4-5-11(15-10)14-7-8-2-1-3-8/h4-5,8H,1-3,7,13H2,(H,14,15). The molecule has 1 aromatic heterocycles. The molecular weight excluding hydrogens is 188 g/mol. The van der Waals surface area contributed by atoms with Crippen molar-refractivity contribution in [3.8, 4) is 6.07 Å². The van der Waals surface area contributed by atoms with Crippen molar-refractivity contribution in [3.05, 3.63) is 17.8 Å². The maximum atomic E-state index is 8.76. The van der Waals surface area contributed by atoms with Crippen molar-refractivity contribution in [3.63, 3.8) is 0 Å². The third-order valence-electron chi connectivity index (χ3n) is 2.83. The van der Waals surface area contributed by atoms with Crippen LogP contribution in [0, 0.1) is 17.2 Å². The lowest BCUT2D eigenvalue weighted by molar-refractivity contribution is 0.333. The maximum absolute atomic E-state index is 8.76. The summed E-state index contributed by atoms with van der Waals surface area (Å²) in [5.74, 6) is 1.52. The molecule has 1 saturated carbocycles. The van der Waals surface area contributed by atoms with Crippen LogP contribution in [-0.2, 0) is 0 Å². The molecule has 0 aromatic carbocycles. The molecule has 0 bridgehead atoms. The third kappa shape index (κ3) is 2.18. The molecule has 4 heteroatoms. The van der Waals surface area contributed by atoms with Gasteiger partial charge in [0.25, 0.3) is 0 Å². The quantitative estimate of drug-likeness (QED) is 0.783. The zero-order valence-electron chi connectivity index (χ0n) is 8.53. The number of hydrogen-bond donors (Lipinski definition) is 2. The van der Waals surface area contributed by atoms with Crippen molar-refractivity contribution in [1.29, 1.82) is 5.26 Å². The molecule has 1 aliphatic carbocycles. The van der Waals surface area contributed by atoms with Gasteiger partial charge >= 0.3 is 0 Å². The van der Waals surface area contributed by atoms with Gasteiger partial charge in [0.05, 0.1) is 5.69 Å². The molecule has 15 heavy (non-hydrogen) atoms. The minimum atomic E-state index is 0.300. The zero-order valence-corrected chi connectivity index (χ0v) is 8.53. The molecule has 1 aliphatic rings. The van der Waals surface area contributed by atoms with E-state index in [4.69, 9.17) is 11.0 Å². The summed E-state index contributed by atoms with van der Waals surface area (Å²) in [5, 5.41) is 12.0. The van der Waals surface area contributed by atoms with E-state index in [9.17, 15) is 0 Å². The highest BCUT2D eigenvalue weighted by molar-refractivity contribution is 5.54. The number of hydrogen-bond acceptors (Lipinski definition) is 4. The Kier molecular flexibility index (Phi) is 2.72. The molecule has 0 saturated heterocycles. The van der Waals surface area contributed by atoms with E-state index in [0.29, 0.717) is 11.4 Å². The van der Waals surface area contributed by atoms with Gasteiger partial charge in [-0.3, -0.25) is 0 Å². The summed E-state index contributed by atoms with van der Waals surface area (Å²) < 4.78 is 0. The number of aromatic nitrogens is 1. The number of nitrogens with zero attached hydrogens (tertiary/aromatic N) is 2. The number of rotatable bonds is 3. The Bertz CT molecular complexity index is 390. The normalized spacial score (nSPS) is 15.4. The van der Waals surface area contributed by atoms with Crippen LogP contribution >= 0.6 is 0 Å². The van der Waals surface area contributed by atoms with Crippen molar-refractivity contribution in [2.24, 2.45) is 5.92 Å². The van der Waals surface area contributed by atoms with E-state index >= 15 is 0 Å². The predicted octanol–water partition coefficient (Wildman–Crippen LogP) is 1.75. The summed E-state index contributed by atoms with van der Waals surface area (Å²) in [4.78, 5) is 4.12. The molecule has 0 atom stereocenters. The Balaban J connectivity index is 1.99. The van der Waals surface area contributed by atoms with Gasteiger partial charge in [-0.05, 0) is 30.9 Å². The molecule has 0 aliphatic heterocycles. The lowest BCUT2D eigenvalue weighted by Gasteiger charge is -2.25. The molecule has 2 rings (SSSR count). The fourth-order valence-electron chi connectivity index (χ4n) is 1.60. The SMILES string of the molecule is N#Cc1nc(NCC2CCC2)ccc1N. The molecular formula is C11H14N4. The van der Waals surface area contributed by atoms with Crippen LogP contribution in [0.2, 0.25) is 0 Å². The van der Waals surface area contributed by atoms with Crippen LogP contribution in [0.5, 0.6) is 0 Å². The summed E-state index contributed by atoms with van der Waals surface area (Å²) in [6.45, 7) is 0.946. The highest BCUT2D eigenvalue weighted by atomic mass is 15.0. The van der Waals surface area contributed by atoms with Gasteiger partial charge in [-0.15, -0.1) is 0 Å². The third-order valence-corrected chi connectivity index (χ3v) is 2.83. The van der Waals surface area contributed by atoms with Crippen molar-refractivity contribution < 1.29 is 0 Å². The monoisotopic (exact) mass is 202 g/mol. The fraction of sp³-hybridized carbons (Fsp3) is 0.455. The number of pyridine rings is 1. The number of nitriles is 1. The summed E-state index contributed by atoms with van der Waals surface area (Å²) in [7, 11) is 0. The number of anilines is 2. The second-order valence-corrected chi connectivity index (χ2v) is 3.92. The topological polar surface area (TPSA) is 74.7 Å². The Labute approximate surface area is 89.1 Å². The highest BCUT2D eigenvalue weighted by Gasteiger charge is 2.16. The molecule has 1 fully saturated rings. The largest absolute Gasteiger partial charge is 0.396 e. The lowest BCUT2D eigenvalue weighted by atomic mass is 9.85. The molecule has 3 N–H and O–H groups in total. The Morgan fingerprint density at radius 2 is 2.33 bits per heavy atom. The number of nitrogens with two attached hydrogens (primary N) is 1. The first-order valence-corrected chi connectivity index (χ1v) is 5.20. The molecule has 0 amide bonds. The molecule has 0 radical (unpaired) electrons. The molecule has 1 heterocycles. The second kappa shape index (κ2) is 4.18. The van der Waals surface area contributed by atoms with Gasteiger partial charge in [0.15, 0.2) is 5.69 Å². The van der Waals surface area contributed by atoms with Crippen LogP contribution < -0.4 is 11.1 Å². The Morgan fingerprint density at radius 1 is 1.53 bits per heavy atom. The van der Waals surface area contributed by atoms with Crippen LogP contribution in [0.25, 0.3) is 0 Å². The summed E-state index contributed by atoms with van der Waals surface area (Å²) in [6, 6.07) is 5.51. The van der Waals surface area contributed by atoms with E-state index < -0.39 is 0 Å². The molecule has 78 valence electrons. The zero-order chi connectivity index (χ0) is 10.7. The van der Waals surface area contributed by atoms with E-state index in [-0.39, 0.29) is 0 Å². The number of nitrogen functional groups attached to an aromatic ring is 1. The molecule has 0 unspecified atom stereocenters. The van der Waals surface area contributed by atoms with Crippen molar-refractivity contribution in [1.82, 2.24) is 4.98 Å². The van der Waals surface area contributed by atoms with Crippen LogP contribution in [-0.4, -0.2) is 11.5 Å². The van der Waals surface area contributed by atoms with Crippen molar-refractivity contribution in [2.45, 2.75) is 19.3 Å². The van der Waals surface area contributed by atoms with Crippen LogP contribution in [0.1, 0.15) is 25.0 Å². The second-order valence-electron chi connectivity index (χ2n) is 3.92. The molecule has 4 nitrogen and oxygen atoms in total. The van der Waals surface area contributed by atoms with E-state index in [2.05, 4.69) is 10.3 Å². The van der Waals surface area contributed by atoms with Gasteiger partial charge in [-0.25, -0.2) is 4.98 Å². The van der Waals surface area contributed by atoms with E-state index in [0.717, 1.165) is 18.3 Å². The predicted molar refractivity (Wildman–Crippen MR) is 59.2 cm³/mol. The average Bonchev–Trinajstić information content (AvgIpc) is 2.18. The molecule has 0 spiro atoms. The van der Waals surface area contributed by atoms with Gasteiger partial charge < -0.3 is 11.1 Å². The maximum Gasteiger partial charge on any atom is 0.165 e. The minimum absolute atomic E-state index is 0.300. The van der Waals surface area contributed by atoms with E-state index in [1.165, 1.54) is 19.3 Å². The highest BCUT2D eigenvalue weighted by Crippen LogP contribution is 2.26. The van der Waals surface area contributed by atoms with Gasteiger partial charge in [0.2, 0.25) is 0 Å². The van der Waals surface area contributed by atoms with Crippen LogP contribution in [0.4, 0.5) is 11.5 Å². The van der Waals surface area contributed by atoms with Gasteiger partial charge in [0.1, 0.15) is 11.9 Å². The smallest absolute Gasteiger partial charge is 0.165 e. The average molecular weight is 202 g/mol. The van der Waals surface area contributed by atoms with Gasteiger partial charge in [0, 0.05) is 6.54 Å². The molecule has 1 aromatic rings.